The molecule has 0 bridgehead atoms. The van der Waals surface area contributed by atoms with Crippen LogP contribution in [-0.4, -0.2) is 12.0 Å². The standard InChI is InChI=1S/C15H15FN2O3/c1-10(12-5-3-4-6-15(12)21-2)17-14-9-11(18(19)20)7-8-13(14)16/h3-10,17H,1-2H3. The lowest BCUT2D eigenvalue weighted by molar-refractivity contribution is -0.384. The summed E-state index contributed by atoms with van der Waals surface area (Å²) in [5, 5.41) is 13.7. The maximum absolute atomic E-state index is 13.8. The van der Waals surface area contributed by atoms with E-state index in [-0.39, 0.29) is 17.4 Å². The minimum Gasteiger partial charge on any atom is -0.496 e. The summed E-state index contributed by atoms with van der Waals surface area (Å²) in [7, 11) is 1.56. The van der Waals surface area contributed by atoms with E-state index < -0.39 is 10.7 Å². The van der Waals surface area contributed by atoms with Gasteiger partial charge in [-0.15, -0.1) is 0 Å². The van der Waals surface area contributed by atoms with Crippen molar-refractivity contribution in [2.24, 2.45) is 0 Å². The van der Waals surface area contributed by atoms with Crippen molar-refractivity contribution in [2.45, 2.75) is 13.0 Å². The molecular weight excluding hydrogens is 275 g/mol. The number of anilines is 1. The Morgan fingerprint density at radius 2 is 2.00 bits per heavy atom. The van der Waals surface area contributed by atoms with E-state index >= 15 is 0 Å². The van der Waals surface area contributed by atoms with Crippen LogP contribution < -0.4 is 10.1 Å². The van der Waals surface area contributed by atoms with Gasteiger partial charge in [0, 0.05) is 17.7 Å². The molecule has 0 fully saturated rings. The molecule has 1 atom stereocenters. The second-order valence-corrected chi connectivity index (χ2v) is 4.53. The average Bonchev–Trinajstić information content (AvgIpc) is 2.49. The highest BCUT2D eigenvalue weighted by Gasteiger charge is 2.15. The molecular formula is C15H15FN2O3. The summed E-state index contributed by atoms with van der Waals surface area (Å²) >= 11 is 0. The van der Waals surface area contributed by atoms with E-state index in [2.05, 4.69) is 5.32 Å². The molecule has 5 nitrogen and oxygen atoms in total. The molecule has 1 N–H and O–H groups in total. The summed E-state index contributed by atoms with van der Waals surface area (Å²) in [5.74, 6) is 0.130. The molecule has 0 spiro atoms. The quantitative estimate of drug-likeness (QED) is 0.669. The van der Waals surface area contributed by atoms with Crippen LogP contribution in [0.15, 0.2) is 42.5 Å². The Balaban J connectivity index is 2.29. The number of nitro benzene ring substituents is 1. The molecule has 21 heavy (non-hydrogen) atoms. The van der Waals surface area contributed by atoms with Crippen LogP contribution in [0.3, 0.4) is 0 Å². The Kier molecular flexibility index (Phi) is 4.37. The number of halogens is 1. The average molecular weight is 290 g/mol. The molecule has 110 valence electrons. The van der Waals surface area contributed by atoms with Gasteiger partial charge in [-0.25, -0.2) is 4.39 Å². The molecule has 0 saturated heterocycles. The van der Waals surface area contributed by atoms with Gasteiger partial charge in [-0.05, 0) is 19.1 Å². The third-order valence-electron chi connectivity index (χ3n) is 3.14. The van der Waals surface area contributed by atoms with Crippen molar-refractivity contribution in [3.63, 3.8) is 0 Å². The van der Waals surface area contributed by atoms with Crippen molar-refractivity contribution in [2.75, 3.05) is 12.4 Å². The summed E-state index contributed by atoms with van der Waals surface area (Å²) < 4.78 is 19.0. The van der Waals surface area contributed by atoms with Crippen LogP contribution in [0.4, 0.5) is 15.8 Å². The number of hydrogen-bond acceptors (Lipinski definition) is 4. The van der Waals surface area contributed by atoms with Crippen molar-refractivity contribution in [3.8, 4) is 5.75 Å². The number of benzene rings is 2. The van der Waals surface area contributed by atoms with Crippen LogP contribution in [0.2, 0.25) is 0 Å². The summed E-state index contributed by atoms with van der Waals surface area (Å²) in [5.41, 5.74) is 0.764. The molecule has 0 amide bonds. The molecule has 0 radical (unpaired) electrons. The van der Waals surface area contributed by atoms with Gasteiger partial charge in [0.2, 0.25) is 0 Å². The van der Waals surface area contributed by atoms with E-state index in [1.54, 1.807) is 13.2 Å². The van der Waals surface area contributed by atoms with Crippen LogP contribution in [0.5, 0.6) is 5.75 Å². The SMILES string of the molecule is COc1ccccc1C(C)Nc1cc([N+](=O)[O-])ccc1F. The fourth-order valence-electron chi connectivity index (χ4n) is 2.07. The van der Waals surface area contributed by atoms with E-state index in [9.17, 15) is 14.5 Å². The Bertz CT molecular complexity index is 661. The van der Waals surface area contributed by atoms with E-state index in [4.69, 9.17) is 4.74 Å². The fourth-order valence-corrected chi connectivity index (χ4v) is 2.07. The zero-order chi connectivity index (χ0) is 15.4. The number of nitrogens with zero attached hydrogens (tertiary/aromatic N) is 1. The number of rotatable bonds is 5. The number of methoxy groups -OCH3 is 1. The highest BCUT2D eigenvalue weighted by Crippen LogP contribution is 2.29. The molecule has 0 saturated carbocycles. The molecule has 2 aromatic carbocycles. The van der Waals surface area contributed by atoms with Crippen LogP contribution in [-0.2, 0) is 0 Å². The summed E-state index contributed by atoms with van der Waals surface area (Å²) in [4.78, 5) is 10.2. The Morgan fingerprint density at radius 1 is 1.29 bits per heavy atom. The van der Waals surface area contributed by atoms with E-state index in [1.807, 2.05) is 25.1 Å². The van der Waals surface area contributed by atoms with E-state index in [0.717, 1.165) is 17.7 Å². The predicted octanol–water partition coefficient (Wildman–Crippen LogP) is 3.92. The lowest BCUT2D eigenvalue weighted by Gasteiger charge is -2.18. The first-order valence-corrected chi connectivity index (χ1v) is 6.36. The summed E-state index contributed by atoms with van der Waals surface area (Å²) in [6, 6.07) is 10.5. The van der Waals surface area contributed by atoms with Gasteiger partial charge in [-0.1, -0.05) is 18.2 Å². The van der Waals surface area contributed by atoms with Gasteiger partial charge in [0.25, 0.3) is 5.69 Å². The zero-order valence-corrected chi connectivity index (χ0v) is 11.7. The van der Waals surface area contributed by atoms with Gasteiger partial charge in [0.1, 0.15) is 11.6 Å². The van der Waals surface area contributed by atoms with Crippen molar-refractivity contribution >= 4 is 11.4 Å². The van der Waals surface area contributed by atoms with Gasteiger partial charge in [0.15, 0.2) is 0 Å². The van der Waals surface area contributed by atoms with Gasteiger partial charge in [-0.3, -0.25) is 10.1 Å². The number of para-hydroxylation sites is 1. The number of nitrogens with one attached hydrogen (secondary N) is 1. The van der Waals surface area contributed by atoms with Gasteiger partial charge < -0.3 is 10.1 Å². The van der Waals surface area contributed by atoms with E-state index in [0.29, 0.717) is 5.75 Å². The normalized spacial score (nSPS) is 11.8. The molecule has 0 aromatic heterocycles. The highest BCUT2D eigenvalue weighted by molar-refractivity contribution is 5.54. The molecule has 1 unspecified atom stereocenters. The first-order valence-electron chi connectivity index (χ1n) is 6.36. The Morgan fingerprint density at radius 3 is 2.67 bits per heavy atom. The highest BCUT2D eigenvalue weighted by atomic mass is 19.1. The third kappa shape index (κ3) is 3.28. The zero-order valence-electron chi connectivity index (χ0n) is 11.7. The summed E-state index contributed by atoms with van der Waals surface area (Å²) in [6.07, 6.45) is 0. The summed E-state index contributed by atoms with van der Waals surface area (Å²) in [6.45, 7) is 1.83. The predicted molar refractivity (Wildman–Crippen MR) is 78.1 cm³/mol. The fraction of sp³-hybridized carbons (Fsp3) is 0.200. The molecule has 0 heterocycles. The van der Waals surface area contributed by atoms with Gasteiger partial charge >= 0.3 is 0 Å². The maximum atomic E-state index is 13.8. The first-order chi connectivity index (χ1) is 10.0. The van der Waals surface area contributed by atoms with Crippen molar-refractivity contribution in [1.29, 1.82) is 0 Å². The first kappa shape index (κ1) is 14.8. The number of nitro groups is 1. The smallest absolute Gasteiger partial charge is 0.271 e. The van der Waals surface area contributed by atoms with Crippen molar-refractivity contribution in [3.05, 3.63) is 64.0 Å². The molecule has 6 heteroatoms. The second kappa shape index (κ2) is 6.21. The van der Waals surface area contributed by atoms with Crippen LogP contribution >= 0.6 is 0 Å². The Labute approximate surface area is 121 Å². The second-order valence-electron chi connectivity index (χ2n) is 4.53. The van der Waals surface area contributed by atoms with Crippen LogP contribution in [0, 0.1) is 15.9 Å². The minimum absolute atomic E-state index is 0.0857. The lowest BCUT2D eigenvalue weighted by Crippen LogP contribution is -2.09. The molecule has 0 aliphatic carbocycles. The Hall–Kier alpha value is -2.63. The maximum Gasteiger partial charge on any atom is 0.271 e. The number of non-ortho nitro benzene ring substituents is 1. The van der Waals surface area contributed by atoms with E-state index in [1.165, 1.54) is 6.07 Å². The van der Waals surface area contributed by atoms with Gasteiger partial charge in [-0.2, -0.15) is 0 Å². The largest absolute Gasteiger partial charge is 0.496 e. The lowest BCUT2D eigenvalue weighted by atomic mass is 10.1. The van der Waals surface area contributed by atoms with Crippen LogP contribution in [0.1, 0.15) is 18.5 Å². The van der Waals surface area contributed by atoms with Gasteiger partial charge in [0.05, 0.1) is 23.8 Å². The number of hydrogen-bond donors (Lipinski definition) is 1. The topological polar surface area (TPSA) is 64.4 Å². The minimum atomic E-state index is -0.557. The monoisotopic (exact) mass is 290 g/mol. The third-order valence-corrected chi connectivity index (χ3v) is 3.14. The van der Waals surface area contributed by atoms with Crippen molar-refractivity contribution < 1.29 is 14.1 Å². The number of ether oxygens (including phenoxy) is 1. The molecule has 0 aliphatic rings. The van der Waals surface area contributed by atoms with Crippen molar-refractivity contribution in [1.82, 2.24) is 0 Å². The molecule has 2 rings (SSSR count). The molecule has 2 aromatic rings. The van der Waals surface area contributed by atoms with Crippen LogP contribution in [0.25, 0.3) is 0 Å². The molecule has 0 aliphatic heterocycles.